The van der Waals surface area contributed by atoms with Gasteiger partial charge in [0.1, 0.15) is 13.2 Å². The lowest BCUT2D eigenvalue weighted by Crippen LogP contribution is -2.23. The minimum atomic E-state index is -1.07. The monoisotopic (exact) mass is 353 g/mol. The van der Waals surface area contributed by atoms with Crippen molar-refractivity contribution in [1.82, 2.24) is 0 Å². The highest BCUT2D eigenvalue weighted by molar-refractivity contribution is 5.78. The lowest BCUT2D eigenvalue weighted by atomic mass is 10.1. The molecule has 6 heteroatoms. The van der Waals surface area contributed by atoms with Crippen molar-refractivity contribution in [2.75, 3.05) is 0 Å². The van der Waals surface area contributed by atoms with Gasteiger partial charge in [0.2, 0.25) is 6.08 Å². The third-order valence-corrected chi connectivity index (χ3v) is 3.57. The molecule has 0 N–H and O–H groups in total. The van der Waals surface area contributed by atoms with Gasteiger partial charge in [0.25, 0.3) is 0 Å². The van der Waals surface area contributed by atoms with E-state index < -0.39 is 18.0 Å². The molecular weight excluding hydrogens is 334 g/mol. The largest absolute Gasteiger partial charge is 0.461 e. The lowest BCUT2D eigenvalue weighted by Gasteiger charge is -2.11. The molecule has 0 saturated carbocycles. The van der Waals surface area contributed by atoms with E-state index >= 15 is 0 Å². The van der Waals surface area contributed by atoms with E-state index in [1.807, 2.05) is 60.7 Å². The van der Waals surface area contributed by atoms with Crippen molar-refractivity contribution in [1.29, 1.82) is 0 Å². The van der Waals surface area contributed by atoms with Crippen LogP contribution in [0.3, 0.4) is 0 Å². The Kier molecular flexibility index (Phi) is 7.77. The molecule has 1 atom stereocenters. The third kappa shape index (κ3) is 6.71. The first-order chi connectivity index (χ1) is 12.7. The number of hydrogen-bond acceptors (Lipinski definition) is 6. The molecule has 0 amide bonds. The summed E-state index contributed by atoms with van der Waals surface area (Å²) in [5, 5.41) is 0. The number of carbonyl (C=O) groups excluding carboxylic acids is 3. The molecule has 6 nitrogen and oxygen atoms in total. The second-order valence-corrected chi connectivity index (χ2v) is 5.51. The zero-order chi connectivity index (χ0) is 18.6. The maximum Gasteiger partial charge on any atom is 0.332 e. The molecule has 0 unspecified atom stereocenters. The average molecular weight is 353 g/mol. The van der Waals surface area contributed by atoms with E-state index in [1.54, 1.807) is 0 Å². The molecule has 0 radical (unpaired) electrons. The fraction of sp³-hybridized carbons (Fsp3) is 0.250. The Labute approximate surface area is 151 Å². The molecule has 2 aromatic rings. The standard InChI is InChI=1S/C20H19NO5/c22-15-21-18(20(24)26-14-17-9-5-2-6-10-17)11-12-19(23)25-13-16-7-3-1-4-8-16/h1-10,18H,11-14H2/t18-/m0/s1. The highest BCUT2D eigenvalue weighted by Gasteiger charge is 2.21. The maximum atomic E-state index is 12.1. The predicted molar refractivity (Wildman–Crippen MR) is 93.6 cm³/mol. The van der Waals surface area contributed by atoms with Gasteiger partial charge >= 0.3 is 11.9 Å². The Morgan fingerprint density at radius 2 is 1.42 bits per heavy atom. The molecule has 0 aliphatic carbocycles. The Balaban J connectivity index is 1.78. The smallest absolute Gasteiger partial charge is 0.332 e. The van der Waals surface area contributed by atoms with Gasteiger partial charge in [-0.25, -0.2) is 9.59 Å². The fourth-order valence-corrected chi connectivity index (χ4v) is 2.19. The SMILES string of the molecule is O=C=N[C@@H](CCC(=O)OCc1ccccc1)C(=O)OCc1ccccc1. The van der Waals surface area contributed by atoms with Crippen LogP contribution in [0.1, 0.15) is 24.0 Å². The lowest BCUT2D eigenvalue weighted by molar-refractivity contribution is -0.148. The van der Waals surface area contributed by atoms with Crippen molar-refractivity contribution >= 4 is 18.0 Å². The maximum absolute atomic E-state index is 12.1. The molecule has 2 rings (SSSR count). The van der Waals surface area contributed by atoms with Crippen LogP contribution in [0, 0.1) is 0 Å². The highest BCUT2D eigenvalue weighted by Crippen LogP contribution is 2.09. The number of esters is 2. The highest BCUT2D eigenvalue weighted by atomic mass is 16.5. The van der Waals surface area contributed by atoms with E-state index in [0.717, 1.165) is 11.1 Å². The summed E-state index contributed by atoms with van der Waals surface area (Å²) in [4.78, 5) is 37.8. The van der Waals surface area contributed by atoms with Crippen LogP contribution in [0.4, 0.5) is 0 Å². The van der Waals surface area contributed by atoms with Gasteiger partial charge < -0.3 is 9.47 Å². The molecule has 134 valence electrons. The second kappa shape index (κ2) is 10.6. The first-order valence-electron chi connectivity index (χ1n) is 8.16. The van der Waals surface area contributed by atoms with Crippen molar-refractivity contribution in [3.8, 4) is 0 Å². The summed E-state index contributed by atoms with van der Waals surface area (Å²) in [6, 6.07) is 17.3. The molecule has 0 aliphatic rings. The predicted octanol–water partition coefficient (Wildman–Crippen LogP) is 2.96. The Morgan fingerprint density at radius 3 is 1.96 bits per heavy atom. The summed E-state index contributed by atoms with van der Waals surface area (Å²) in [5.74, 6) is -1.15. The fourth-order valence-electron chi connectivity index (χ4n) is 2.19. The number of hydrogen-bond donors (Lipinski definition) is 0. The van der Waals surface area contributed by atoms with Crippen molar-refractivity contribution in [3.05, 3.63) is 71.8 Å². The van der Waals surface area contributed by atoms with Gasteiger partial charge in [-0.3, -0.25) is 4.79 Å². The Morgan fingerprint density at radius 1 is 0.885 bits per heavy atom. The van der Waals surface area contributed by atoms with Crippen LogP contribution in [-0.4, -0.2) is 24.1 Å². The van der Waals surface area contributed by atoms with Crippen molar-refractivity contribution < 1.29 is 23.9 Å². The summed E-state index contributed by atoms with van der Waals surface area (Å²) < 4.78 is 10.3. The zero-order valence-corrected chi connectivity index (χ0v) is 14.2. The number of benzene rings is 2. The first-order valence-corrected chi connectivity index (χ1v) is 8.16. The number of ether oxygens (including phenoxy) is 2. The number of rotatable bonds is 9. The second-order valence-electron chi connectivity index (χ2n) is 5.51. The van der Waals surface area contributed by atoms with E-state index in [1.165, 1.54) is 6.08 Å². The minimum absolute atomic E-state index is 0.0243. The molecule has 0 heterocycles. The quantitative estimate of drug-likeness (QED) is 0.393. The van der Waals surface area contributed by atoms with Crippen LogP contribution in [0.15, 0.2) is 65.7 Å². The van der Waals surface area contributed by atoms with Crippen molar-refractivity contribution in [2.45, 2.75) is 32.1 Å². The Bertz CT molecular complexity index is 754. The molecule has 26 heavy (non-hydrogen) atoms. The van der Waals surface area contributed by atoms with E-state index in [4.69, 9.17) is 9.47 Å². The van der Waals surface area contributed by atoms with Crippen LogP contribution in [0.25, 0.3) is 0 Å². The van der Waals surface area contributed by atoms with E-state index in [2.05, 4.69) is 4.99 Å². The molecular formula is C20H19NO5. The summed E-state index contributed by atoms with van der Waals surface area (Å²) in [6.45, 7) is 0.225. The summed E-state index contributed by atoms with van der Waals surface area (Å²) in [7, 11) is 0. The van der Waals surface area contributed by atoms with Gasteiger partial charge in [-0.15, -0.1) is 0 Å². The third-order valence-electron chi connectivity index (χ3n) is 3.57. The van der Waals surface area contributed by atoms with Gasteiger partial charge in [0, 0.05) is 6.42 Å². The van der Waals surface area contributed by atoms with E-state index in [9.17, 15) is 14.4 Å². The zero-order valence-electron chi connectivity index (χ0n) is 14.2. The first kappa shape index (κ1) is 19.1. The normalized spacial score (nSPS) is 11.1. The Hall–Kier alpha value is -3.24. The van der Waals surface area contributed by atoms with Crippen LogP contribution < -0.4 is 0 Å². The summed E-state index contributed by atoms with van der Waals surface area (Å²) >= 11 is 0. The van der Waals surface area contributed by atoms with E-state index in [0.29, 0.717) is 0 Å². The summed E-state index contributed by atoms with van der Waals surface area (Å²) in [5.41, 5.74) is 1.68. The molecule has 2 aromatic carbocycles. The van der Waals surface area contributed by atoms with E-state index in [-0.39, 0.29) is 26.1 Å². The van der Waals surface area contributed by atoms with Crippen LogP contribution >= 0.6 is 0 Å². The molecule has 0 fully saturated rings. The molecule has 0 saturated heterocycles. The molecule has 0 aromatic heterocycles. The number of carbonyl (C=O) groups is 2. The topological polar surface area (TPSA) is 82.0 Å². The average Bonchev–Trinajstić information content (AvgIpc) is 2.69. The van der Waals surface area contributed by atoms with Crippen molar-refractivity contribution in [3.63, 3.8) is 0 Å². The number of nitrogens with zero attached hydrogens (tertiary/aromatic N) is 1. The number of aliphatic imine (C=N–C) groups is 1. The van der Waals surface area contributed by atoms with Gasteiger partial charge in [0.05, 0.1) is 0 Å². The van der Waals surface area contributed by atoms with Crippen LogP contribution in [0.2, 0.25) is 0 Å². The van der Waals surface area contributed by atoms with Crippen molar-refractivity contribution in [2.24, 2.45) is 4.99 Å². The number of isocyanates is 1. The summed E-state index contributed by atoms with van der Waals surface area (Å²) in [6.07, 6.45) is 1.32. The molecule has 0 spiro atoms. The van der Waals surface area contributed by atoms with Crippen LogP contribution in [0.5, 0.6) is 0 Å². The minimum Gasteiger partial charge on any atom is -0.461 e. The van der Waals surface area contributed by atoms with Gasteiger partial charge in [-0.1, -0.05) is 60.7 Å². The van der Waals surface area contributed by atoms with Gasteiger partial charge in [0.15, 0.2) is 6.04 Å². The van der Waals surface area contributed by atoms with Crippen LogP contribution in [-0.2, 0) is 37.1 Å². The molecule has 0 aliphatic heterocycles. The molecule has 0 bridgehead atoms. The van der Waals surface area contributed by atoms with Gasteiger partial charge in [-0.05, 0) is 17.5 Å². The van der Waals surface area contributed by atoms with Gasteiger partial charge in [-0.2, -0.15) is 4.99 Å².